The van der Waals surface area contributed by atoms with Crippen molar-refractivity contribution in [3.63, 3.8) is 0 Å². The van der Waals surface area contributed by atoms with Crippen LogP contribution in [0, 0.1) is 0 Å². The van der Waals surface area contributed by atoms with Crippen LogP contribution in [-0.4, -0.2) is 163 Å². The molecule has 6 fully saturated rings. The molecule has 2 aromatic carbocycles. The van der Waals surface area contributed by atoms with E-state index in [1.54, 1.807) is 34.1 Å². The third kappa shape index (κ3) is 8.41. The molecule has 312 valence electrons. The summed E-state index contributed by atoms with van der Waals surface area (Å²) in [6, 6.07) is 5.73. The molecule has 6 heterocycles. The second kappa shape index (κ2) is 16.8. The van der Waals surface area contributed by atoms with Gasteiger partial charge in [-0.15, -0.1) is 0 Å². The molecule has 0 bridgehead atoms. The van der Waals surface area contributed by atoms with Crippen molar-refractivity contribution in [2.24, 2.45) is 0 Å². The fourth-order valence-corrected chi connectivity index (χ4v) is 9.22. The average molecular weight is 856 g/mol. The minimum absolute atomic E-state index is 0. The van der Waals surface area contributed by atoms with E-state index in [-0.39, 0.29) is 129 Å². The number of ether oxygens (including phenoxy) is 2. The molecule has 4 saturated heterocycles. The zero-order valence-corrected chi connectivity index (χ0v) is 37.0. The Morgan fingerprint density at radius 1 is 0.617 bits per heavy atom. The Labute approximate surface area is 387 Å². The molecule has 2 amide bonds. The summed E-state index contributed by atoms with van der Waals surface area (Å²) >= 11 is 0. The maximum Gasteiger partial charge on any atom is 1.00 e. The first-order valence-corrected chi connectivity index (χ1v) is 19.6. The van der Waals surface area contributed by atoms with Crippen molar-refractivity contribution in [2.75, 3.05) is 39.3 Å². The topological polar surface area (TPSA) is 298 Å². The van der Waals surface area contributed by atoms with E-state index in [0.29, 0.717) is 76.1 Å². The van der Waals surface area contributed by atoms with Gasteiger partial charge in [0.2, 0.25) is 11.8 Å². The van der Waals surface area contributed by atoms with E-state index in [1.807, 2.05) is 0 Å². The minimum Gasteiger partial charge on any atom is -0.669 e. The van der Waals surface area contributed by atoms with Crippen LogP contribution in [0.3, 0.4) is 0 Å². The number of amides is 2. The van der Waals surface area contributed by atoms with Crippen LogP contribution >= 0.6 is 0 Å². The molecule has 24 heteroatoms. The second-order valence-corrected chi connectivity index (χ2v) is 16.8. The smallest absolute Gasteiger partial charge is 0.669 e. The average Bonchev–Trinajstić information content (AvgIpc) is 4.03. The largest absolute Gasteiger partial charge is 1.00 e. The number of nitrogens with one attached hydrogen (secondary N) is 2. The van der Waals surface area contributed by atoms with Crippen LogP contribution < -0.4 is 88.5 Å². The van der Waals surface area contributed by atoms with Gasteiger partial charge in [0.25, 0.3) is 0 Å². The normalized spacial score (nSPS) is 30.8. The molecule has 6 aliphatic heterocycles. The summed E-state index contributed by atoms with van der Waals surface area (Å²) in [6.45, 7) is -4.17. The predicted molar refractivity (Wildman–Crippen MR) is 197 cm³/mol. The Balaban J connectivity index is 0.000000176. The molecule has 0 aromatic heterocycles. The standard InChI is InChI=1S/2C18H22BN2O8.2Na/c2*22-8-3-13(20-5-8)17(23)21-6-9(7-21)28-14-2-1-10-11-4-12(11)19(26,27)29-16(10)15(14)18(24)25;;/h2*1-2,8-9,11-13,20,22,26-27H,3-7H2,(H,24,25);;/q2*-1;2*+1/t2*8-,11-,12-,13+;;/m11../s1. The van der Waals surface area contributed by atoms with Gasteiger partial charge in [-0.2, -0.15) is 0 Å². The van der Waals surface area contributed by atoms with Gasteiger partial charge in [0.05, 0.1) is 62.0 Å². The first-order valence-electron chi connectivity index (χ1n) is 19.6. The number of rotatable bonds is 8. The van der Waals surface area contributed by atoms with Crippen molar-refractivity contribution >= 4 is 37.3 Å². The van der Waals surface area contributed by atoms with Crippen molar-refractivity contribution < 1.29 is 138 Å². The second-order valence-electron chi connectivity index (χ2n) is 16.8. The van der Waals surface area contributed by atoms with Crippen molar-refractivity contribution in [2.45, 2.75) is 85.7 Å². The third-order valence-electron chi connectivity index (χ3n) is 12.6. The van der Waals surface area contributed by atoms with Crippen LogP contribution in [0.5, 0.6) is 23.0 Å². The number of fused-ring (bicyclic) bond motifs is 6. The Bertz CT molecular complexity index is 1930. The fourth-order valence-electron chi connectivity index (χ4n) is 9.22. The van der Waals surface area contributed by atoms with Gasteiger partial charge in [0.15, 0.2) is 0 Å². The number of aliphatic hydroxyl groups is 2. The molecule has 60 heavy (non-hydrogen) atoms. The SMILES string of the molecule is O=C(O)c1c(OC2CN(C(=O)[C@@H]3C[C@@H](O)CN3)C2)ccc2c1O[B-](O)(O)[C@@H]1C[C@H]21.O=C(O)c1c(OC2CN(C(=O)[C@@H]3C[C@@H](O)CN3)C2)ccc2c1O[B-](O)(O)[C@@H]1C[C@H]21.[Na+].[Na+]. The van der Waals surface area contributed by atoms with E-state index in [9.17, 15) is 59.7 Å². The molecular formula is C36H44B2N4Na2O16. The Kier molecular flexibility index (Phi) is 12.7. The van der Waals surface area contributed by atoms with Crippen molar-refractivity contribution in [1.82, 2.24) is 20.4 Å². The van der Waals surface area contributed by atoms with Crippen LogP contribution in [0.2, 0.25) is 11.6 Å². The quantitative estimate of drug-likeness (QED) is 0.110. The summed E-state index contributed by atoms with van der Waals surface area (Å²) in [7, 11) is 0. The molecule has 10 N–H and O–H groups in total. The van der Waals surface area contributed by atoms with Crippen LogP contribution in [0.25, 0.3) is 0 Å². The summed E-state index contributed by atoms with van der Waals surface area (Å²) in [5.74, 6) is -3.75. The van der Waals surface area contributed by atoms with Crippen LogP contribution in [-0.2, 0) is 9.59 Å². The summed E-state index contributed by atoms with van der Waals surface area (Å²) in [5.41, 5.74) is 0.841. The molecule has 8 atom stereocenters. The summed E-state index contributed by atoms with van der Waals surface area (Å²) in [5, 5.41) is 84.7. The van der Waals surface area contributed by atoms with Crippen molar-refractivity contribution in [1.29, 1.82) is 0 Å². The number of carboxylic acids is 2. The maximum atomic E-state index is 12.4. The number of carbonyl (C=O) groups is 4. The van der Waals surface area contributed by atoms with Crippen molar-refractivity contribution in [3.8, 4) is 23.0 Å². The van der Waals surface area contributed by atoms with E-state index in [2.05, 4.69) is 10.6 Å². The van der Waals surface area contributed by atoms with Gasteiger partial charge in [-0.1, -0.05) is 36.6 Å². The van der Waals surface area contributed by atoms with Gasteiger partial charge in [0, 0.05) is 13.1 Å². The molecule has 10 rings (SSSR count). The van der Waals surface area contributed by atoms with E-state index < -0.39 is 61.4 Å². The number of carboxylic acid groups (broad SMARTS) is 2. The number of benzene rings is 2. The van der Waals surface area contributed by atoms with Crippen LogP contribution in [0.1, 0.15) is 69.4 Å². The minimum atomic E-state index is -3.09. The van der Waals surface area contributed by atoms with Gasteiger partial charge in [-0.05, 0) is 47.9 Å². The number of hydrogen-bond acceptors (Lipinski definition) is 16. The van der Waals surface area contributed by atoms with Gasteiger partial charge < -0.3 is 79.7 Å². The number of β-amino-alcohol motifs (C(OH)–C–C–N with tert-alkyl or cyclic N) is 2. The van der Waals surface area contributed by atoms with Crippen LogP contribution in [0.15, 0.2) is 24.3 Å². The molecule has 2 aliphatic carbocycles. The number of likely N-dealkylation sites (tertiary alicyclic amines) is 2. The number of hydrogen-bond donors (Lipinski definition) is 10. The van der Waals surface area contributed by atoms with E-state index in [1.165, 1.54) is 0 Å². The molecule has 20 nitrogen and oxygen atoms in total. The van der Waals surface area contributed by atoms with Gasteiger partial charge >= 0.3 is 84.6 Å². The molecule has 0 radical (unpaired) electrons. The number of aromatic carboxylic acids is 2. The molecular weight excluding hydrogens is 812 g/mol. The van der Waals surface area contributed by atoms with E-state index >= 15 is 0 Å². The Morgan fingerprint density at radius 2 is 0.983 bits per heavy atom. The monoisotopic (exact) mass is 856 g/mol. The van der Waals surface area contributed by atoms with Gasteiger partial charge in [0.1, 0.15) is 34.8 Å². The predicted octanol–water partition coefficient (Wildman–Crippen LogP) is -8.25. The van der Waals surface area contributed by atoms with E-state index in [0.717, 1.165) is 0 Å². The van der Waals surface area contributed by atoms with Crippen LogP contribution in [0.4, 0.5) is 0 Å². The summed E-state index contributed by atoms with van der Waals surface area (Å²) in [6.07, 6.45) is 0.0355. The first kappa shape index (κ1) is 45.4. The summed E-state index contributed by atoms with van der Waals surface area (Å²) in [4.78, 5) is 51.7. The maximum absolute atomic E-state index is 12.4. The Hall–Kier alpha value is -2.67. The molecule has 0 unspecified atom stereocenters. The van der Waals surface area contributed by atoms with Gasteiger partial charge in [-0.3, -0.25) is 9.59 Å². The van der Waals surface area contributed by atoms with Gasteiger partial charge in [-0.25, -0.2) is 9.59 Å². The number of aliphatic hydroxyl groups excluding tert-OH is 2. The Morgan fingerprint density at radius 3 is 1.30 bits per heavy atom. The number of nitrogens with zero attached hydrogens (tertiary/aromatic N) is 2. The molecule has 0 spiro atoms. The molecule has 2 aromatic rings. The zero-order chi connectivity index (χ0) is 41.0. The molecule has 2 saturated carbocycles. The number of carbonyl (C=O) groups excluding carboxylic acids is 2. The summed E-state index contributed by atoms with van der Waals surface area (Å²) < 4.78 is 22.2. The first-order chi connectivity index (χ1) is 27.5. The third-order valence-corrected chi connectivity index (χ3v) is 12.6. The van der Waals surface area contributed by atoms with E-state index in [4.69, 9.17) is 18.8 Å². The molecule has 8 aliphatic rings. The van der Waals surface area contributed by atoms with Crippen molar-refractivity contribution in [3.05, 3.63) is 46.5 Å². The zero-order valence-electron chi connectivity index (χ0n) is 33.0. The fraction of sp³-hybridized carbons (Fsp3) is 0.556.